The molecule has 1 aliphatic rings. The Morgan fingerprint density at radius 1 is 0.441 bits per heavy atom. The Morgan fingerprint density at radius 2 is 0.881 bits per heavy atom. The Kier molecular flexibility index (Phi) is 10.4. The maximum atomic E-state index is 6.08. The monoisotopic (exact) mass is 780 g/mol. The Morgan fingerprint density at radius 3 is 1.31 bits per heavy atom. The highest BCUT2D eigenvalue weighted by atomic mass is 16.4. The van der Waals surface area contributed by atoms with E-state index in [1.54, 1.807) is 0 Å². The van der Waals surface area contributed by atoms with Gasteiger partial charge in [-0.2, -0.15) is 9.97 Å². The van der Waals surface area contributed by atoms with E-state index in [4.69, 9.17) is 18.8 Å². The van der Waals surface area contributed by atoms with E-state index in [2.05, 4.69) is 96.2 Å². The third-order valence-electron chi connectivity index (χ3n) is 12.3. The second-order valence-corrected chi connectivity index (χ2v) is 16.5. The molecule has 298 valence electrons. The van der Waals surface area contributed by atoms with Gasteiger partial charge in [0.15, 0.2) is 22.5 Å². The molecule has 0 aliphatic heterocycles. The molecule has 8 nitrogen and oxygen atoms in total. The summed E-state index contributed by atoms with van der Waals surface area (Å²) in [4.78, 5) is 28.5. The van der Waals surface area contributed by atoms with Crippen LogP contribution in [0, 0.1) is 27.7 Å². The largest absolute Gasteiger partial charge is 0.433 e. The average molecular weight is 781 g/mol. The quantitative estimate of drug-likeness (QED) is 0.100. The number of aromatic nitrogens is 6. The molecular formula is C51H52N6O2. The first-order valence-corrected chi connectivity index (χ1v) is 21.5. The van der Waals surface area contributed by atoms with Crippen LogP contribution in [-0.4, -0.2) is 29.9 Å². The lowest BCUT2D eigenvalue weighted by molar-refractivity contribution is 0.401. The minimum Gasteiger partial charge on any atom is -0.433 e. The summed E-state index contributed by atoms with van der Waals surface area (Å²) >= 11 is 0. The van der Waals surface area contributed by atoms with Gasteiger partial charge in [-0.15, -0.1) is 0 Å². The summed E-state index contributed by atoms with van der Waals surface area (Å²) in [5, 5.41) is 0. The van der Waals surface area contributed by atoms with E-state index in [0.29, 0.717) is 45.6 Å². The van der Waals surface area contributed by atoms with Crippen molar-refractivity contribution in [2.45, 2.75) is 111 Å². The molecule has 1 aliphatic carbocycles. The number of fused-ring (bicyclic) bond motifs is 5. The zero-order valence-electron chi connectivity index (χ0n) is 35.2. The standard InChI is InChI=1S/C51H52N6O2/c1-7-9-11-13-27-51(28-14-12-10-8-2)41-29-35(37-21-23-43(54-33(37)5)49-56-47-45(58-49)25-15-31(3)52-47)17-19-39(41)40-20-18-36(30-42(40)51)38-22-24-44(55-34(38)6)50-57-48-46(59-50)26-16-32(4)53-48/h15-26,29-30H,7-14,27-28H2,1-6H3. The predicted octanol–water partition coefficient (Wildman–Crippen LogP) is 13.7. The van der Waals surface area contributed by atoms with E-state index in [-0.39, 0.29) is 5.41 Å². The first kappa shape index (κ1) is 38.5. The van der Waals surface area contributed by atoms with Gasteiger partial charge in [0, 0.05) is 39.3 Å². The Labute approximate surface area is 346 Å². The molecule has 8 aromatic rings. The third kappa shape index (κ3) is 7.23. The number of benzene rings is 2. The van der Waals surface area contributed by atoms with Crippen LogP contribution in [0.15, 0.2) is 93.8 Å². The van der Waals surface area contributed by atoms with Gasteiger partial charge in [0.1, 0.15) is 11.4 Å². The first-order chi connectivity index (χ1) is 28.7. The smallest absolute Gasteiger partial charge is 0.247 e. The number of rotatable bonds is 14. The summed E-state index contributed by atoms with van der Waals surface area (Å²) < 4.78 is 12.2. The third-order valence-corrected chi connectivity index (χ3v) is 12.3. The van der Waals surface area contributed by atoms with Crippen molar-refractivity contribution in [2.24, 2.45) is 0 Å². The van der Waals surface area contributed by atoms with Crippen molar-refractivity contribution >= 4 is 22.5 Å². The fourth-order valence-electron chi connectivity index (χ4n) is 9.22. The molecule has 6 heterocycles. The maximum absolute atomic E-state index is 6.08. The van der Waals surface area contributed by atoms with Crippen molar-refractivity contribution in [3.8, 4) is 56.6 Å². The van der Waals surface area contributed by atoms with Crippen LogP contribution in [0.2, 0.25) is 0 Å². The van der Waals surface area contributed by atoms with Crippen LogP contribution < -0.4 is 0 Å². The summed E-state index contributed by atoms with van der Waals surface area (Å²) in [5.41, 5.74) is 17.8. The molecule has 0 saturated heterocycles. The van der Waals surface area contributed by atoms with Gasteiger partial charge >= 0.3 is 0 Å². The highest BCUT2D eigenvalue weighted by Crippen LogP contribution is 2.56. The predicted molar refractivity (Wildman–Crippen MR) is 237 cm³/mol. The van der Waals surface area contributed by atoms with Gasteiger partial charge in [0.2, 0.25) is 11.8 Å². The topological polar surface area (TPSA) is 104 Å². The summed E-state index contributed by atoms with van der Waals surface area (Å²) in [6.45, 7) is 12.7. The van der Waals surface area contributed by atoms with Crippen molar-refractivity contribution in [1.82, 2.24) is 29.9 Å². The molecule has 0 fully saturated rings. The Balaban J connectivity index is 1.11. The van der Waals surface area contributed by atoms with Crippen molar-refractivity contribution in [3.63, 3.8) is 0 Å². The fraction of sp³-hybridized carbons (Fsp3) is 0.333. The molecule has 2 aromatic carbocycles. The average Bonchev–Trinajstić information content (AvgIpc) is 3.93. The SMILES string of the molecule is CCCCCCC1(CCCCCC)c2cc(-c3ccc(-c4nc5nc(C)ccc5o4)nc3C)ccc2-c2ccc(-c3ccc(-c4nc5nc(C)ccc5o4)nc3C)cc21. The number of oxazole rings is 2. The zero-order valence-corrected chi connectivity index (χ0v) is 35.2. The zero-order chi connectivity index (χ0) is 40.7. The lowest BCUT2D eigenvalue weighted by Gasteiger charge is -2.33. The van der Waals surface area contributed by atoms with Crippen LogP contribution in [0.5, 0.6) is 0 Å². The Bertz CT molecular complexity index is 2640. The number of aryl methyl sites for hydroxylation is 4. The van der Waals surface area contributed by atoms with Crippen molar-refractivity contribution < 1.29 is 8.83 Å². The molecule has 0 radical (unpaired) electrons. The Hall–Kier alpha value is -6.02. The van der Waals surface area contributed by atoms with Crippen LogP contribution in [0.3, 0.4) is 0 Å². The highest BCUT2D eigenvalue weighted by molar-refractivity contribution is 5.87. The van der Waals surface area contributed by atoms with Crippen molar-refractivity contribution in [1.29, 1.82) is 0 Å². The van der Waals surface area contributed by atoms with Gasteiger partial charge in [-0.05, 0) is 122 Å². The van der Waals surface area contributed by atoms with Crippen LogP contribution in [0.25, 0.3) is 79.0 Å². The minimum atomic E-state index is -0.104. The van der Waals surface area contributed by atoms with Gasteiger partial charge in [-0.3, -0.25) is 0 Å². The van der Waals surface area contributed by atoms with Crippen LogP contribution >= 0.6 is 0 Å². The van der Waals surface area contributed by atoms with Crippen LogP contribution in [0.1, 0.15) is 112 Å². The summed E-state index contributed by atoms with van der Waals surface area (Å²) in [7, 11) is 0. The van der Waals surface area contributed by atoms with Gasteiger partial charge in [-0.25, -0.2) is 19.9 Å². The first-order valence-electron chi connectivity index (χ1n) is 21.5. The molecule has 0 amide bonds. The second kappa shape index (κ2) is 16.0. The molecule has 0 unspecified atom stereocenters. The van der Waals surface area contributed by atoms with Gasteiger partial charge in [-0.1, -0.05) is 102 Å². The molecule has 9 rings (SSSR count). The van der Waals surface area contributed by atoms with Crippen molar-refractivity contribution in [2.75, 3.05) is 0 Å². The number of hydrogen-bond acceptors (Lipinski definition) is 8. The van der Waals surface area contributed by atoms with E-state index in [1.807, 2.05) is 50.2 Å². The molecular weight excluding hydrogens is 729 g/mol. The lowest BCUT2D eigenvalue weighted by atomic mass is 9.70. The van der Waals surface area contributed by atoms with Gasteiger partial charge < -0.3 is 8.83 Å². The maximum Gasteiger partial charge on any atom is 0.247 e. The molecule has 0 N–H and O–H groups in total. The minimum absolute atomic E-state index is 0.104. The normalized spacial score (nSPS) is 13.1. The highest BCUT2D eigenvalue weighted by Gasteiger charge is 2.42. The molecule has 6 aromatic heterocycles. The number of hydrogen-bond donors (Lipinski definition) is 0. The van der Waals surface area contributed by atoms with Crippen LogP contribution in [-0.2, 0) is 5.41 Å². The molecule has 0 bridgehead atoms. The second-order valence-electron chi connectivity index (χ2n) is 16.5. The lowest BCUT2D eigenvalue weighted by Crippen LogP contribution is -2.25. The number of nitrogens with zero attached hydrogens (tertiary/aromatic N) is 6. The van der Waals surface area contributed by atoms with Crippen molar-refractivity contribution in [3.05, 3.63) is 119 Å². The molecule has 0 spiro atoms. The van der Waals surface area contributed by atoms with E-state index < -0.39 is 0 Å². The molecule has 59 heavy (non-hydrogen) atoms. The molecule has 8 heteroatoms. The van der Waals surface area contributed by atoms with Gasteiger partial charge in [0.25, 0.3) is 0 Å². The number of unbranched alkanes of at least 4 members (excludes halogenated alkanes) is 6. The van der Waals surface area contributed by atoms with E-state index in [1.165, 1.54) is 84.7 Å². The van der Waals surface area contributed by atoms with E-state index >= 15 is 0 Å². The van der Waals surface area contributed by atoms with E-state index in [0.717, 1.165) is 46.7 Å². The molecule has 0 saturated carbocycles. The van der Waals surface area contributed by atoms with Gasteiger partial charge in [0.05, 0.1) is 0 Å². The molecule has 0 atom stereocenters. The summed E-state index contributed by atoms with van der Waals surface area (Å²) in [5.74, 6) is 0.981. The fourth-order valence-corrected chi connectivity index (χ4v) is 9.22. The number of pyridine rings is 4. The van der Waals surface area contributed by atoms with Crippen LogP contribution in [0.4, 0.5) is 0 Å². The van der Waals surface area contributed by atoms with E-state index in [9.17, 15) is 0 Å². The summed E-state index contributed by atoms with van der Waals surface area (Å²) in [6.07, 6.45) is 12.0. The summed E-state index contributed by atoms with van der Waals surface area (Å²) in [6, 6.07) is 30.4.